The molecule has 0 N–H and O–H groups in total. The average Bonchev–Trinajstić information content (AvgIpc) is 3.23. The van der Waals surface area contributed by atoms with Crippen LogP contribution in [0.25, 0.3) is 0 Å². The first kappa shape index (κ1) is 16.9. The second-order valence-electron chi connectivity index (χ2n) is 7.37. The van der Waals surface area contributed by atoms with Gasteiger partial charge in [-0.25, -0.2) is 0 Å². The minimum atomic E-state index is -0.323. The zero-order valence-corrected chi connectivity index (χ0v) is 15.2. The maximum absolute atomic E-state index is 13.0. The smallest absolute Gasteiger partial charge is 0.256 e. The Morgan fingerprint density at radius 1 is 1.28 bits per heavy atom. The fraction of sp³-hybridized carbons (Fsp3) is 0.579. The van der Waals surface area contributed by atoms with E-state index < -0.39 is 0 Å². The molecule has 1 atom stereocenters. The molecule has 1 aromatic carbocycles. The molecule has 0 aromatic heterocycles. The normalized spacial score (nSPS) is 24.6. The summed E-state index contributed by atoms with van der Waals surface area (Å²) >= 11 is 6.27. The minimum absolute atomic E-state index is 0.0620. The number of halogens is 1. The van der Waals surface area contributed by atoms with Crippen LogP contribution < -0.4 is 4.90 Å². The molecule has 0 radical (unpaired) electrons. The Hall–Kier alpha value is -1.59. The summed E-state index contributed by atoms with van der Waals surface area (Å²) in [6, 6.07) is 5.81. The Balaban J connectivity index is 1.65. The standard InChI is InChI=1S/C19H23ClN2O3/c1-13(23)21-8-6-19(7-9-21)12-22(18(24)17-3-2-10-25-17)16-5-4-14(20)11-15(16)19/h4-5,11,17H,2-3,6-10,12H2,1H3/t17-/m1/s1. The molecule has 3 aliphatic rings. The first-order valence-corrected chi connectivity index (χ1v) is 9.36. The molecule has 134 valence electrons. The van der Waals surface area contributed by atoms with E-state index in [1.165, 1.54) is 0 Å². The van der Waals surface area contributed by atoms with Crippen LogP contribution in [-0.2, 0) is 19.7 Å². The van der Waals surface area contributed by atoms with E-state index in [2.05, 4.69) is 0 Å². The third-order valence-electron chi connectivity index (χ3n) is 5.92. The number of hydrogen-bond acceptors (Lipinski definition) is 3. The third kappa shape index (κ3) is 2.83. The number of nitrogens with zero attached hydrogens (tertiary/aromatic N) is 2. The molecule has 1 spiro atoms. The zero-order valence-electron chi connectivity index (χ0n) is 14.5. The predicted octanol–water partition coefficient (Wildman–Crippen LogP) is 2.75. The molecule has 0 aliphatic carbocycles. The number of carbonyl (C=O) groups excluding carboxylic acids is 2. The molecule has 6 heteroatoms. The second kappa shape index (κ2) is 6.29. The van der Waals surface area contributed by atoms with Crippen molar-refractivity contribution in [1.82, 2.24) is 4.90 Å². The summed E-state index contributed by atoms with van der Waals surface area (Å²) in [6.45, 7) is 4.39. The topological polar surface area (TPSA) is 49.9 Å². The lowest BCUT2D eigenvalue weighted by molar-refractivity contribution is -0.131. The number of amides is 2. The number of benzene rings is 1. The molecule has 4 rings (SSSR count). The molecule has 0 bridgehead atoms. The van der Waals surface area contributed by atoms with Gasteiger partial charge in [0.25, 0.3) is 5.91 Å². The van der Waals surface area contributed by atoms with Crippen LogP contribution in [-0.4, -0.2) is 49.1 Å². The van der Waals surface area contributed by atoms with Gasteiger partial charge in [0.2, 0.25) is 5.91 Å². The Morgan fingerprint density at radius 2 is 2.04 bits per heavy atom. The lowest BCUT2D eigenvalue weighted by Gasteiger charge is -2.39. The van der Waals surface area contributed by atoms with Crippen molar-refractivity contribution in [1.29, 1.82) is 0 Å². The number of likely N-dealkylation sites (tertiary alicyclic amines) is 1. The van der Waals surface area contributed by atoms with Crippen molar-refractivity contribution in [2.45, 2.75) is 44.1 Å². The average molecular weight is 363 g/mol. The number of ether oxygens (including phenoxy) is 1. The summed E-state index contributed by atoms with van der Waals surface area (Å²) < 4.78 is 5.62. The lowest BCUT2D eigenvalue weighted by atomic mass is 9.74. The predicted molar refractivity (Wildman–Crippen MR) is 95.9 cm³/mol. The Kier molecular flexibility index (Phi) is 4.24. The van der Waals surface area contributed by atoms with Crippen molar-refractivity contribution in [3.63, 3.8) is 0 Å². The van der Waals surface area contributed by atoms with Gasteiger partial charge in [0.1, 0.15) is 6.10 Å². The lowest BCUT2D eigenvalue weighted by Crippen LogP contribution is -2.48. The van der Waals surface area contributed by atoms with Gasteiger partial charge in [0, 0.05) is 49.3 Å². The van der Waals surface area contributed by atoms with Gasteiger partial charge in [0.15, 0.2) is 0 Å². The van der Waals surface area contributed by atoms with Crippen molar-refractivity contribution >= 4 is 29.1 Å². The SMILES string of the molecule is CC(=O)N1CCC2(CC1)CN(C(=O)[C@H]1CCCO1)c1ccc(Cl)cc12. The monoisotopic (exact) mass is 362 g/mol. The number of piperidine rings is 1. The molecule has 0 unspecified atom stereocenters. The quantitative estimate of drug-likeness (QED) is 0.771. The molecular formula is C19H23ClN2O3. The van der Waals surface area contributed by atoms with E-state index in [0.717, 1.165) is 50.0 Å². The van der Waals surface area contributed by atoms with Crippen LogP contribution >= 0.6 is 11.6 Å². The fourth-order valence-electron chi connectivity index (χ4n) is 4.46. The van der Waals surface area contributed by atoms with Crippen molar-refractivity contribution in [2.24, 2.45) is 0 Å². The van der Waals surface area contributed by atoms with Gasteiger partial charge in [-0.15, -0.1) is 0 Å². The van der Waals surface area contributed by atoms with Gasteiger partial charge in [-0.05, 0) is 49.4 Å². The zero-order chi connectivity index (χ0) is 17.6. The number of fused-ring (bicyclic) bond motifs is 2. The highest BCUT2D eigenvalue weighted by Crippen LogP contribution is 2.48. The highest BCUT2D eigenvalue weighted by Gasteiger charge is 2.48. The van der Waals surface area contributed by atoms with Crippen LogP contribution in [0.2, 0.25) is 5.02 Å². The van der Waals surface area contributed by atoms with Crippen LogP contribution in [0, 0.1) is 0 Å². The largest absolute Gasteiger partial charge is 0.368 e. The maximum atomic E-state index is 13.0. The van der Waals surface area contributed by atoms with Crippen molar-refractivity contribution in [3.05, 3.63) is 28.8 Å². The Morgan fingerprint density at radius 3 is 2.68 bits per heavy atom. The summed E-state index contributed by atoms with van der Waals surface area (Å²) in [7, 11) is 0. The summed E-state index contributed by atoms with van der Waals surface area (Å²) in [5.41, 5.74) is 2.00. The molecule has 3 heterocycles. The first-order chi connectivity index (χ1) is 12.0. The van der Waals surface area contributed by atoms with E-state index in [1.54, 1.807) is 6.92 Å². The van der Waals surface area contributed by atoms with Crippen LogP contribution in [0.4, 0.5) is 5.69 Å². The molecular weight excluding hydrogens is 340 g/mol. The second-order valence-corrected chi connectivity index (χ2v) is 7.81. The van der Waals surface area contributed by atoms with E-state index >= 15 is 0 Å². The molecule has 5 nitrogen and oxygen atoms in total. The third-order valence-corrected chi connectivity index (χ3v) is 6.15. The molecule has 25 heavy (non-hydrogen) atoms. The van der Waals surface area contributed by atoms with Crippen molar-refractivity contribution in [2.75, 3.05) is 31.1 Å². The number of carbonyl (C=O) groups is 2. The fourth-order valence-corrected chi connectivity index (χ4v) is 4.63. The van der Waals surface area contributed by atoms with Crippen LogP contribution in [0.3, 0.4) is 0 Å². The summed E-state index contributed by atoms with van der Waals surface area (Å²) in [5, 5.41) is 0.693. The van der Waals surface area contributed by atoms with E-state index in [4.69, 9.17) is 16.3 Å². The van der Waals surface area contributed by atoms with Gasteiger partial charge < -0.3 is 14.5 Å². The number of hydrogen-bond donors (Lipinski definition) is 0. The van der Waals surface area contributed by atoms with Gasteiger partial charge in [-0.3, -0.25) is 9.59 Å². The molecule has 2 amide bonds. The van der Waals surface area contributed by atoms with Crippen molar-refractivity contribution in [3.8, 4) is 0 Å². The van der Waals surface area contributed by atoms with Gasteiger partial charge in [-0.2, -0.15) is 0 Å². The van der Waals surface area contributed by atoms with Gasteiger partial charge in [0.05, 0.1) is 0 Å². The first-order valence-electron chi connectivity index (χ1n) is 8.99. The molecule has 1 aromatic rings. The van der Waals surface area contributed by atoms with E-state index in [0.29, 0.717) is 18.2 Å². The Bertz CT molecular complexity index is 707. The number of anilines is 1. The summed E-state index contributed by atoms with van der Waals surface area (Å²) in [5.74, 6) is 0.179. The van der Waals surface area contributed by atoms with Crippen LogP contribution in [0.15, 0.2) is 18.2 Å². The summed E-state index contributed by atoms with van der Waals surface area (Å²) in [6.07, 6.45) is 3.13. The van der Waals surface area contributed by atoms with E-state index in [-0.39, 0.29) is 23.3 Å². The highest BCUT2D eigenvalue weighted by atomic mass is 35.5. The van der Waals surface area contributed by atoms with Crippen LogP contribution in [0.5, 0.6) is 0 Å². The van der Waals surface area contributed by atoms with Crippen molar-refractivity contribution < 1.29 is 14.3 Å². The molecule has 0 saturated carbocycles. The minimum Gasteiger partial charge on any atom is -0.368 e. The van der Waals surface area contributed by atoms with E-state index in [9.17, 15) is 9.59 Å². The number of rotatable bonds is 1. The van der Waals surface area contributed by atoms with E-state index in [1.807, 2.05) is 28.0 Å². The molecule has 2 saturated heterocycles. The van der Waals surface area contributed by atoms with Gasteiger partial charge in [-0.1, -0.05) is 11.6 Å². The molecule has 3 aliphatic heterocycles. The molecule has 2 fully saturated rings. The highest BCUT2D eigenvalue weighted by molar-refractivity contribution is 6.30. The summed E-state index contributed by atoms with van der Waals surface area (Å²) in [4.78, 5) is 28.5. The Labute approximate surface area is 152 Å². The van der Waals surface area contributed by atoms with Crippen LogP contribution in [0.1, 0.15) is 38.2 Å². The van der Waals surface area contributed by atoms with Gasteiger partial charge >= 0.3 is 0 Å². The maximum Gasteiger partial charge on any atom is 0.256 e.